The number of carboxylic acid groups (broad SMARTS) is 1. The molecule has 0 saturated carbocycles. The molecule has 3 atom stereocenters. The highest BCUT2D eigenvalue weighted by Crippen LogP contribution is 2.37. The molecule has 0 aromatic carbocycles. The van der Waals surface area contributed by atoms with E-state index in [-0.39, 0.29) is 23.8 Å². The number of aliphatic hydroxyl groups excluding tert-OH is 1. The molecule has 2 bridgehead atoms. The summed E-state index contributed by atoms with van der Waals surface area (Å²) in [4.78, 5) is 44.0. The summed E-state index contributed by atoms with van der Waals surface area (Å²) in [7, 11) is 0. The fourth-order valence-corrected chi connectivity index (χ4v) is 4.56. The van der Waals surface area contributed by atoms with Crippen LogP contribution in [0.4, 0.5) is 10.2 Å². The Bertz CT molecular complexity index is 1330. The summed E-state index contributed by atoms with van der Waals surface area (Å²) in [5.74, 6) is -1.42. The maximum atomic E-state index is 14.1. The van der Waals surface area contributed by atoms with Gasteiger partial charge in [-0.25, -0.2) is 13.9 Å². The van der Waals surface area contributed by atoms with Gasteiger partial charge in [-0.3, -0.25) is 19.4 Å². The lowest BCUT2D eigenvalue weighted by Gasteiger charge is -2.27. The van der Waals surface area contributed by atoms with Crippen molar-refractivity contribution in [3.05, 3.63) is 53.4 Å². The molecule has 11 nitrogen and oxygen atoms in total. The molecule has 5 rings (SSSR count). The maximum Gasteiger partial charge on any atom is 0.306 e. The average Bonchev–Trinajstić information content (AvgIpc) is 3.49. The smallest absolute Gasteiger partial charge is 0.306 e. The van der Waals surface area contributed by atoms with Crippen LogP contribution >= 0.6 is 0 Å². The zero-order valence-corrected chi connectivity index (χ0v) is 20.6. The molecule has 2 aliphatic rings. The number of carboxylic acids is 1. The molecule has 12 heteroatoms. The second-order valence-electron chi connectivity index (χ2n) is 9.29. The summed E-state index contributed by atoms with van der Waals surface area (Å²) in [6.45, 7) is 3.94. The third-order valence-corrected chi connectivity index (χ3v) is 6.50. The van der Waals surface area contributed by atoms with Gasteiger partial charge in [0.25, 0.3) is 5.91 Å². The number of nitrogens with one attached hydrogen (secondary N) is 1. The van der Waals surface area contributed by atoms with Crippen molar-refractivity contribution in [1.82, 2.24) is 24.9 Å². The van der Waals surface area contributed by atoms with Crippen LogP contribution in [-0.4, -0.2) is 66.1 Å². The lowest BCUT2D eigenvalue weighted by molar-refractivity contribution is -0.142. The predicted octanol–water partition coefficient (Wildman–Crippen LogP) is 2.08. The average molecular weight is 513 g/mol. The summed E-state index contributed by atoms with van der Waals surface area (Å²) >= 11 is 0. The molecule has 0 spiro atoms. The molecule has 3 N–H and O–H groups in total. The van der Waals surface area contributed by atoms with Crippen molar-refractivity contribution < 1.29 is 29.0 Å². The molecule has 0 aliphatic carbocycles. The molecular weight excluding hydrogens is 483 g/mol. The summed E-state index contributed by atoms with van der Waals surface area (Å²) in [5, 5.41) is 23.9. The van der Waals surface area contributed by atoms with Crippen molar-refractivity contribution in [3.8, 4) is 0 Å². The van der Waals surface area contributed by atoms with Crippen LogP contribution in [0.15, 0.2) is 30.7 Å². The van der Waals surface area contributed by atoms with E-state index in [1.807, 2.05) is 19.2 Å². The van der Waals surface area contributed by atoms with Gasteiger partial charge < -0.3 is 20.4 Å². The summed E-state index contributed by atoms with van der Waals surface area (Å²) in [6.07, 6.45) is 6.12. The van der Waals surface area contributed by atoms with Gasteiger partial charge in [0.1, 0.15) is 23.3 Å². The van der Waals surface area contributed by atoms with E-state index in [4.69, 9.17) is 15.2 Å². The van der Waals surface area contributed by atoms with Crippen LogP contribution in [0.5, 0.6) is 0 Å². The number of pyridine rings is 1. The van der Waals surface area contributed by atoms with E-state index >= 15 is 0 Å². The van der Waals surface area contributed by atoms with Gasteiger partial charge in [0.2, 0.25) is 0 Å². The van der Waals surface area contributed by atoms with Crippen LogP contribution in [0.25, 0.3) is 5.65 Å². The number of fused-ring (bicyclic) bond motifs is 5. The van der Waals surface area contributed by atoms with Gasteiger partial charge in [-0.1, -0.05) is 0 Å². The second kappa shape index (κ2) is 11.0. The Morgan fingerprint density at radius 3 is 2.78 bits per heavy atom. The van der Waals surface area contributed by atoms with Crippen molar-refractivity contribution in [1.29, 1.82) is 0 Å². The Labute approximate surface area is 212 Å². The minimum atomic E-state index is -1.34. The number of halogens is 1. The van der Waals surface area contributed by atoms with Gasteiger partial charge in [-0.15, -0.1) is 0 Å². The molecule has 2 aliphatic heterocycles. The first kappa shape index (κ1) is 26.1. The largest absolute Gasteiger partial charge is 0.481 e. The highest BCUT2D eigenvalue weighted by molar-refractivity contribution is 5.99. The van der Waals surface area contributed by atoms with Crippen LogP contribution in [0.1, 0.15) is 67.2 Å². The first-order valence-electron chi connectivity index (χ1n) is 12.1. The third kappa shape index (κ3) is 5.91. The molecule has 1 saturated heterocycles. The number of anilines is 1. The zero-order chi connectivity index (χ0) is 26.7. The van der Waals surface area contributed by atoms with Crippen LogP contribution in [-0.2, 0) is 16.0 Å². The fraction of sp³-hybridized carbons (Fsp3) is 0.440. The first-order chi connectivity index (χ1) is 17.6. The normalized spacial score (nSPS) is 19.9. The van der Waals surface area contributed by atoms with Crippen molar-refractivity contribution in [2.75, 3.05) is 11.4 Å². The third-order valence-electron chi connectivity index (χ3n) is 6.50. The Morgan fingerprint density at radius 2 is 2.08 bits per heavy atom. The van der Waals surface area contributed by atoms with E-state index in [1.165, 1.54) is 6.20 Å². The molecule has 5 heterocycles. The van der Waals surface area contributed by atoms with Gasteiger partial charge >= 0.3 is 5.97 Å². The predicted molar refractivity (Wildman–Crippen MR) is 131 cm³/mol. The lowest BCUT2D eigenvalue weighted by Crippen LogP contribution is -2.33. The number of nitrogens with zero attached hydrogens (tertiary/aromatic N) is 5. The molecule has 0 unspecified atom stereocenters. The van der Waals surface area contributed by atoms with Crippen LogP contribution in [0.2, 0.25) is 0 Å². The van der Waals surface area contributed by atoms with E-state index in [1.54, 1.807) is 16.8 Å². The van der Waals surface area contributed by atoms with Gasteiger partial charge in [0.05, 0.1) is 24.9 Å². The minimum Gasteiger partial charge on any atom is -0.481 e. The quantitative estimate of drug-likeness (QED) is 0.479. The molecule has 1 amide bonds. The SMILES string of the molecule is CC(=O)[C@@H](O)CC(=O)O.C[C@@H]1CCc2ncc(F)cc2[C@H]2CCCN2c2ccn3ncc(c3n2)C(=O)N1. The standard InChI is InChI=1S/C20H21FN6O.C5H8O4/c1-12-4-5-16-14(9-13(21)10-22-16)17-3-2-7-26(17)18-6-8-27-19(25-18)15(11-23-27)20(28)24-12;1-3(6)4(7)2-5(8)9/h6,8-12,17H,2-5,7H2,1H3,(H,24,28);4,7H,2H2,1H3,(H,8,9)/t12-,17-;4-/m10/s1. The zero-order valence-electron chi connectivity index (χ0n) is 20.6. The molecule has 196 valence electrons. The number of carbonyl (C=O) groups is 3. The lowest BCUT2D eigenvalue weighted by atomic mass is 9.98. The Morgan fingerprint density at radius 1 is 1.30 bits per heavy atom. The van der Waals surface area contributed by atoms with Gasteiger partial charge in [0.15, 0.2) is 11.4 Å². The number of aliphatic carboxylic acids is 1. The summed E-state index contributed by atoms with van der Waals surface area (Å²) < 4.78 is 15.7. The number of amides is 1. The van der Waals surface area contributed by atoms with E-state index in [0.29, 0.717) is 17.6 Å². The van der Waals surface area contributed by atoms with E-state index < -0.39 is 24.3 Å². The number of aliphatic hydroxyl groups is 1. The molecule has 0 radical (unpaired) electrons. The Hall–Kier alpha value is -3.93. The maximum absolute atomic E-state index is 14.1. The van der Waals surface area contributed by atoms with Crippen LogP contribution in [0, 0.1) is 5.82 Å². The number of ketones is 1. The fourth-order valence-electron chi connectivity index (χ4n) is 4.56. The van der Waals surface area contributed by atoms with Crippen LogP contribution < -0.4 is 10.2 Å². The number of Topliss-reactive ketones (excluding diaryl/α,β-unsaturated/α-hetero) is 1. The number of aromatic nitrogens is 4. The number of hydrogen-bond donors (Lipinski definition) is 3. The van der Waals surface area contributed by atoms with E-state index in [0.717, 1.165) is 49.8 Å². The number of rotatable bonds is 3. The summed E-state index contributed by atoms with van der Waals surface area (Å²) in [6, 6.07) is 3.48. The van der Waals surface area contributed by atoms with Crippen molar-refractivity contribution in [3.63, 3.8) is 0 Å². The summed E-state index contributed by atoms with van der Waals surface area (Å²) in [5.41, 5.74) is 2.81. The topological polar surface area (TPSA) is 150 Å². The molecule has 3 aromatic heterocycles. The molecule has 3 aromatic rings. The number of hydrogen-bond acceptors (Lipinski definition) is 8. The van der Waals surface area contributed by atoms with Gasteiger partial charge in [-0.05, 0) is 57.2 Å². The number of carbonyl (C=O) groups excluding carboxylic acids is 2. The monoisotopic (exact) mass is 512 g/mol. The molecule has 37 heavy (non-hydrogen) atoms. The highest BCUT2D eigenvalue weighted by atomic mass is 19.1. The van der Waals surface area contributed by atoms with Crippen molar-refractivity contribution in [2.45, 2.75) is 64.1 Å². The minimum absolute atomic E-state index is 0.0271. The van der Waals surface area contributed by atoms with Crippen molar-refractivity contribution in [2.24, 2.45) is 0 Å². The Kier molecular flexibility index (Phi) is 7.77. The van der Waals surface area contributed by atoms with Gasteiger partial charge in [-0.2, -0.15) is 5.10 Å². The first-order valence-corrected chi connectivity index (χ1v) is 12.1. The van der Waals surface area contributed by atoms with E-state index in [2.05, 4.69) is 20.3 Å². The second-order valence-corrected chi connectivity index (χ2v) is 9.29. The van der Waals surface area contributed by atoms with Gasteiger partial charge in [0, 0.05) is 24.5 Å². The molecule has 1 fully saturated rings. The van der Waals surface area contributed by atoms with Crippen molar-refractivity contribution >= 4 is 29.1 Å². The highest BCUT2D eigenvalue weighted by Gasteiger charge is 2.31. The molecular formula is C25H29FN6O5. The number of aryl methyl sites for hydroxylation is 1. The van der Waals surface area contributed by atoms with E-state index in [9.17, 15) is 18.8 Å². The Balaban J connectivity index is 0.000000307. The van der Waals surface area contributed by atoms with Crippen LogP contribution in [0.3, 0.4) is 0 Å².